The molecule has 25 heavy (non-hydrogen) atoms. The van der Waals surface area contributed by atoms with Gasteiger partial charge in [0, 0.05) is 5.02 Å². The van der Waals surface area contributed by atoms with Crippen molar-refractivity contribution in [2.45, 2.75) is 19.2 Å². The maximum atomic E-state index is 11.9. The molecule has 0 aliphatic carbocycles. The number of rotatable bonds is 6. The Morgan fingerprint density at radius 1 is 1.28 bits per heavy atom. The zero-order valence-corrected chi connectivity index (χ0v) is 13.6. The molecular formula is C14H14ClF3N2O5. The van der Waals surface area contributed by atoms with Crippen LogP contribution in [0.4, 0.5) is 18.0 Å². The maximum absolute atomic E-state index is 11.9. The van der Waals surface area contributed by atoms with Crippen molar-refractivity contribution in [3.63, 3.8) is 0 Å². The minimum Gasteiger partial charge on any atom is -0.479 e. The van der Waals surface area contributed by atoms with E-state index in [9.17, 15) is 27.6 Å². The van der Waals surface area contributed by atoms with Gasteiger partial charge in [-0.3, -0.25) is 10.1 Å². The molecular weight excluding hydrogens is 369 g/mol. The van der Waals surface area contributed by atoms with Crippen molar-refractivity contribution in [1.29, 1.82) is 0 Å². The summed E-state index contributed by atoms with van der Waals surface area (Å²) in [6.45, 7) is -1.10. The monoisotopic (exact) mass is 382 g/mol. The summed E-state index contributed by atoms with van der Waals surface area (Å²) in [6.07, 6.45) is -5.69. The molecule has 1 unspecified atom stereocenters. The van der Waals surface area contributed by atoms with Crippen LogP contribution in [0.25, 0.3) is 0 Å². The number of benzene rings is 1. The van der Waals surface area contributed by atoms with E-state index in [1.54, 1.807) is 23.5 Å². The van der Waals surface area contributed by atoms with Gasteiger partial charge in [-0.2, -0.15) is 13.2 Å². The van der Waals surface area contributed by atoms with Crippen molar-refractivity contribution in [2.24, 2.45) is 0 Å². The highest BCUT2D eigenvalue weighted by Gasteiger charge is 2.28. The van der Waals surface area contributed by atoms with Crippen LogP contribution in [0.15, 0.2) is 24.3 Å². The van der Waals surface area contributed by atoms with Crippen molar-refractivity contribution in [2.75, 3.05) is 13.2 Å². The Morgan fingerprint density at radius 3 is 2.56 bits per heavy atom. The van der Waals surface area contributed by atoms with E-state index in [4.69, 9.17) is 16.3 Å². The molecule has 3 amide bonds. The van der Waals surface area contributed by atoms with Crippen molar-refractivity contribution in [3.05, 3.63) is 29.3 Å². The second-order valence-electron chi connectivity index (χ2n) is 4.67. The summed E-state index contributed by atoms with van der Waals surface area (Å²) < 4.78 is 45.5. The summed E-state index contributed by atoms with van der Waals surface area (Å²) in [5.74, 6) is -1.71. The molecule has 1 aromatic carbocycles. The Morgan fingerprint density at radius 2 is 1.96 bits per heavy atom. The van der Waals surface area contributed by atoms with Gasteiger partial charge in [-0.05, 0) is 25.1 Å². The first-order chi connectivity index (χ1) is 11.6. The van der Waals surface area contributed by atoms with E-state index in [0.717, 1.165) is 0 Å². The lowest BCUT2D eigenvalue weighted by molar-refractivity contribution is -0.154. The lowest BCUT2D eigenvalue weighted by Crippen LogP contribution is -2.45. The number of nitrogens with one attached hydrogen (secondary N) is 2. The van der Waals surface area contributed by atoms with Crippen LogP contribution in [0.3, 0.4) is 0 Å². The Balaban J connectivity index is 2.34. The first kappa shape index (κ1) is 20.6. The van der Waals surface area contributed by atoms with Crippen LogP contribution in [-0.4, -0.2) is 43.3 Å². The molecule has 0 fully saturated rings. The number of hydrogen-bond acceptors (Lipinski definition) is 5. The molecule has 0 saturated carbocycles. The summed E-state index contributed by atoms with van der Waals surface area (Å²) in [5, 5.41) is 3.40. The zero-order valence-electron chi connectivity index (χ0n) is 12.9. The van der Waals surface area contributed by atoms with E-state index in [1.165, 1.54) is 18.3 Å². The van der Waals surface area contributed by atoms with Crippen LogP contribution >= 0.6 is 11.6 Å². The van der Waals surface area contributed by atoms with E-state index in [-0.39, 0.29) is 0 Å². The second-order valence-corrected chi connectivity index (χ2v) is 5.11. The molecule has 7 nitrogen and oxygen atoms in total. The third kappa shape index (κ3) is 8.80. The van der Waals surface area contributed by atoms with Gasteiger partial charge in [0.25, 0.3) is 5.91 Å². The SMILES string of the molecule is CC(Oc1cccc(Cl)c1)C(=O)OCC(=O)NC(=O)NCC(F)(F)F. The molecule has 0 aliphatic rings. The highest BCUT2D eigenvalue weighted by molar-refractivity contribution is 6.30. The molecule has 0 saturated heterocycles. The van der Waals surface area contributed by atoms with E-state index in [0.29, 0.717) is 10.8 Å². The molecule has 2 N–H and O–H groups in total. The first-order valence-corrected chi connectivity index (χ1v) is 7.18. The van der Waals surface area contributed by atoms with Gasteiger partial charge in [0.05, 0.1) is 0 Å². The largest absolute Gasteiger partial charge is 0.479 e. The van der Waals surface area contributed by atoms with Gasteiger partial charge >= 0.3 is 18.2 Å². The van der Waals surface area contributed by atoms with Gasteiger partial charge in [-0.1, -0.05) is 17.7 Å². The zero-order chi connectivity index (χ0) is 19.0. The van der Waals surface area contributed by atoms with Gasteiger partial charge < -0.3 is 14.8 Å². The quantitative estimate of drug-likeness (QED) is 0.734. The van der Waals surface area contributed by atoms with Crippen molar-refractivity contribution in [3.8, 4) is 5.75 Å². The van der Waals surface area contributed by atoms with E-state index in [2.05, 4.69) is 4.74 Å². The number of imide groups is 1. The number of carbonyl (C=O) groups is 3. The van der Waals surface area contributed by atoms with Crippen LogP contribution in [-0.2, 0) is 14.3 Å². The Bertz CT molecular complexity index is 639. The van der Waals surface area contributed by atoms with Gasteiger partial charge in [0.2, 0.25) is 0 Å². The van der Waals surface area contributed by atoms with Gasteiger partial charge in [-0.15, -0.1) is 0 Å². The van der Waals surface area contributed by atoms with E-state index < -0.39 is 43.3 Å². The minimum absolute atomic E-state index is 0.299. The number of amides is 3. The summed E-state index contributed by atoms with van der Waals surface area (Å²) in [7, 11) is 0. The number of urea groups is 1. The maximum Gasteiger partial charge on any atom is 0.405 e. The fraction of sp³-hybridized carbons (Fsp3) is 0.357. The average Bonchev–Trinajstić information content (AvgIpc) is 2.50. The van der Waals surface area contributed by atoms with Crippen LogP contribution in [0.2, 0.25) is 5.02 Å². The fourth-order valence-electron chi connectivity index (χ4n) is 1.43. The van der Waals surface area contributed by atoms with Gasteiger partial charge in [0.1, 0.15) is 12.3 Å². The predicted molar refractivity (Wildman–Crippen MR) is 80.1 cm³/mol. The highest BCUT2D eigenvalue weighted by Crippen LogP contribution is 2.18. The average molecular weight is 383 g/mol. The summed E-state index contributed by atoms with van der Waals surface area (Å²) in [4.78, 5) is 34.0. The first-order valence-electron chi connectivity index (χ1n) is 6.80. The molecule has 0 aromatic heterocycles. The van der Waals surface area contributed by atoms with E-state index in [1.807, 2.05) is 0 Å². The van der Waals surface area contributed by atoms with Crippen LogP contribution in [0, 0.1) is 0 Å². The Labute approximate surface area is 145 Å². The molecule has 0 heterocycles. The smallest absolute Gasteiger partial charge is 0.405 e. The molecule has 1 atom stereocenters. The third-order valence-corrected chi connectivity index (χ3v) is 2.72. The predicted octanol–water partition coefficient (Wildman–Crippen LogP) is 2.04. The highest BCUT2D eigenvalue weighted by atomic mass is 35.5. The lowest BCUT2D eigenvalue weighted by Gasteiger charge is -2.14. The van der Waals surface area contributed by atoms with Crippen molar-refractivity contribution in [1.82, 2.24) is 10.6 Å². The number of halogens is 4. The summed E-state index contributed by atoms with van der Waals surface area (Å²) >= 11 is 5.76. The van der Waals surface area contributed by atoms with Crippen LogP contribution in [0.5, 0.6) is 5.75 Å². The molecule has 11 heteroatoms. The number of carbonyl (C=O) groups excluding carboxylic acids is 3. The minimum atomic E-state index is -4.61. The topological polar surface area (TPSA) is 93.7 Å². The molecule has 1 rings (SSSR count). The van der Waals surface area contributed by atoms with Gasteiger partial charge in [0.15, 0.2) is 12.7 Å². The number of ether oxygens (including phenoxy) is 2. The lowest BCUT2D eigenvalue weighted by atomic mass is 10.3. The molecule has 0 bridgehead atoms. The fourth-order valence-corrected chi connectivity index (χ4v) is 1.61. The molecule has 0 spiro atoms. The molecule has 0 aliphatic heterocycles. The van der Waals surface area contributed by atoms with Gasteiger partial charge in [-0.25, -0.2) is 9.59 Å². The van der Waals surface area contributed by atoms with Crippen molar-refractivity contribution < 1.29 is 37.0 Å². The Hall–Kier alpha value is -2.49. The number of esters is 1. The molecule has 138 valence electrons. The summed E-state index contributed by atoms with van der Waals surface area (Å²) in [6, 6.07) is 4.85. The standard InChI is InChI=1S/C14H14ClF3N2O5/c1-8(25-10-4-2-3-9(15)5-10)12(22)24-6-11(21)20-13(23)19-7-14(16,17)18/h2-5,8H,6-7H2,1H3,(H2,19,20,21,23). The second kappa shape index (κ2) is 9.11. The number of alkyl halides is 3. The van der Waals surface area contributed by atoms with Crippen LogP contribution < -0.4 is 15.4 Å². The van der Waals surface area contributed by atoms with Crippen LogP contribution in [0.1, 0.15) is 6.92 Å². The Kier molecular flexibility index (Phi) is 7.49. The normalized spacial score (nSPS) is 12.0. The van der Waals surface area contributed by atoms with Crippen molar-refractivity contribution >= 4 is 29.5 Å². The summed E-state index contributed by atoms with van der Waals surface area (Å²) in [5.41, 5.74) is 0. The van der Waals surface area contributed by atoms with E-state index >= 15 is 0 Å². The molecule has 1 aromatic rings. The number of hydrogen-bond donors (Lipinski definition) is 2. The molecule has 0 radical (unpaired) electrons. The third-order valence-electron chi connectivity index (χ3n) is 2.49.